The Balaban J connectivity index is 1.21. The van der Waals surface area contributed by atoms with E-state index in [0.29, 0.717) is 41.9 Å². The highest BCUT2D eigenvalue weighted by atomic mass is 32.2. The van der Waals surface area contributed by atoms with E-state index in [9.17, 15) is 13.2 Å². The number of hydrogen-bond donors (Lipinski definition) is 1. The first-order valence-corrected chi connectivity index (χ1v) is 13.1. The van der Waals surface area contributed by atoms with Crippen LogP contribution in [0.25, 0.3) is 11.5 Å². The summed E-state index contributed by atoms with van der Waals surface area (Å²) in [7, 11) is -3.41. The Morgan fingerprint density at radius 1 is 1.06 bits per heavy atom. The lowest BCUT2D eigenvalue weighted by Gasteiger charge is -2.15. The quantitative estimate of drug-likeness (QED) is 0.512. The molecule has 1 fully saturated rings. The van der Waals surface area contributed by atoms with Crippen LogP contribution in [0.5, 0.6) is 0 Å². The lowest BCUT2D eigenvalue weighted by molar-refractivity contribution is -0.118. The minimum Gasteiger partial charge on any atom is -0.444 e. The zero-order chi connectivity index (χ0) is 22.4. The number of amides is 1. The third-order valence-electron chi connectivity index (χ3n) is 5.17. The zero-order valence-electron chi connectivity index (χ0n) is 17.6. The van der Waals surface area contributed by atoms with Crippen molar-refractivity contribution in [3.8, 4) is 11.5 Å². The van der Waals surface area contributed by atoms with E-state index in [4.69, 9.17) is 4.42 Å². The molecule has 2 heterocycles. The number of rotatable bonds is 9. The summed E-state index contributed by atoms with van der Waals surface area (Å²) in [4.78, 5) is 16.9. The van der Waals surface area contributed by atoms with Crippen LogP contribution in [-0.2, 0) is 27.1 Å². The molecule has 9 heteroatoms. The van der Waals surface area contributed by atoms with E-state index in [-0.39, 0.29) is 5.91 Å². The number of oxazole rings is 1. The van der Waals surface area contributed by atoms with Crippen molar-refractivity contribution in [3.63, 3.8) is 0 Å². The van der Waals surface area contributed by atoms with Crippen LogP contribution in [0.2, 0.25) is 0 Å². The molecular formula is C23H25N3O4S2. The maximum Gasteiger partial charge on any atom is 0.243 e. The van der Waals surface area contributed by atoms with E-state index in [1.54, 1.807) is 30.5 Å². The topological polar surface area (TPSA) is 92.5 Å². The molecule has 1 aromatic heterocycles. The van der Waals surface area contributed by atoms with Crippen molar-refractivity contribution in [1.29, 1.82) is 0 Å². The molecule has 0 atom stereocenters. The van der Waals surface area contributed by atoms with E-state index in [0.717, 1.165) is 29.7 Å². The summed E-state index contributed by atoms with van der Waals surface area (Å²) in [6.07, 6.45) is 3.43. The number of carbonyl (C=O) groups is 1. The fourth-order valence-corrected chi connectivity index (χ4v) is 5.69. The molecule has 1 aliphatic heterocycles. The highest BCUT2D eigenvalue weighted by Crippen LogP contribution is 2.22. The number of nitrogens with one attached hydrogen (secondary N) is 1. The van der Waals surface area contributed by atoms with Gasteiger partial charge >= 0.3 is 0 Å². The average Bonchev–Trinajstić information content (AvgIpc) is 3.52. The van der Waals surface area contributed by atoms with E-state index in [1.807, 2.05) is 30.3 Å². The van der Waals surface area contributed by atoms with E-state index >= 15 is 0 Å². The van der Waals surface area contributed by atoms with Crippen LogP contribution >= 0.6 is 11.8 Å². The van der Waals surface area contributed by atoms with Crippen molar-refractivity contribution in [3.05, 3.63) is 72.1 Å². The molecule has 7 nitrogen and oxygen atoms in total. The first-order valence-electron chi connectivity index (χ1n) is 10.5. The summed E-state index contributed by atoms with van der Waals surface area (Å²) < 4.78 is 32.2. The van der Waals surface area contributed by atoms with Crippen molar-refractivity contribution in [2.45, 2.75) is 30.0 Å². The van der Waals surface area contributed by atoms with E-state index in [1.165, 1.54) is 16.1 Å². The van der Waals surface area contributed by atoms with Gasteiger partial charge in [0.05, 0.1) is 16.3 Å². The molecule has 1 amide bonds. The largest absolute Gasteiger partial charge is 0.444 e. The van der Waals surface area contributed by atoms with Gasteiger partial charge in [-0.15, -0.1) is 11.8 Å². The number of benzene rings is 2. The fraction of sp³-hybridized carbons (Fsp3) is 0.304. The summed E-state index contributed by atoms with van der Waals surface area (Å²) in [5.74, 6) is 1.36. The Bertz CT molecular complexity index is 1140. The molecule has 168 valence electrons. The van der Waals surface area contributed by atoms with Crippen molar-refractivity contribution >= 4 is 27.7 Å². The maximum absolute atomic E-state index is 12.6. The van der Waals surface area contributed by atoms with Crippen molar-refractivity contribution in [2.24, 2.45) is 0 Å². The molecular weight excluding hydrogens is 446 g/mol. The van der Waals surface area contributed by atoms with Gasteiger partial charge in [-0.25, -0.2) is 13.4 Å². The minimum absolute atomic E-state index is 0.0875. The molecule has 0 radical (unpaired) electrons. The lowest BCUT2D eigenvalue weighted by atomic mass is 10.2. The number of nitrogens with zero attached hydrogens (tertiary/aromatic N) is 2. The molecule has 32 heavy (non-hydrogen) atoms. The van der Waals surface area contributed by atoms with Gasteiger partial charge in [0.2, 0.25) is 21.8 Å². The highest BCUT2D eigenvalue weighted by molar-refractivity contribution is 7.99. The Hall–Kier alpha value is -2.62. The number of carbonyl (C=O) groups excluding carboxylic acids is 1. The Morgan fingerprint density at radius 3 is 2.50 bits per heavy atom. The molecule has 4 rings (SSSR count). The predicted octanol–water partition coefficient (Wildman–Crippen LogP) is 3.68. The third-order valence-corrected chi connectivity index (χ3v) is 8.05. The van der Waals surface area contributed by atoms with Crippen LogP contribution in [0, 0.1) is 0 Å². The summed E-state index contributed by atoms with van der Waals surface area (Å²) in [6, 6.07) is 16.4. The number of hydrogen-bond acceptors (Lipinski definition) is 6. The van der Waals surface area contributed by atoms with Crippen molar-refractivity contribution in [1.82, 2.24) is 14.6 Å². The second-order valence-corrected chi connectivity index (χ2v) is 10.5. The van der Waals surface area contributed by atoms with Crippen LogP contribution in [0.15, 0.2) is 70.2 Å². The SMILES string of the molecule is O=C(CSCc1coc(-c2ccccc2)n1)NCc1ccc(S(=O)(=O)N2CCCC2)cc1. The molecule has 0 aliphatic carbocycles. The second-order valence-electron chi connectivity index (χ2n) is 7.53. The van der Waals surface area contributed by atoms with Crippen LogP contribution in [-0.4, -0.2) is 42.5 Å². The van der Waals surface area contributed by atoms with Gasteiger partial charge in [-0.1, -0.05) is 30.3 Å². The normalized spacial score (nSPS) is 14.5. The molecule has 1 aliphatic rings. The van der Waals surface area contributed by atoms with Gasteiger partial charge in [-0.2, -0.15) is 4.31 Å². The summed E-state index contributed by atoms with van der Waals surface area (Å²) >= 11 is 1.46. The molecule has 1 saturated heterocycles. The highest BCUT2D eigenvalue weighted by Gasteiger charge is 2.26. The lowest BCUT2D eigenvalue weighted by Crippen LogP contribution is -2.28. The monoisotopic (exact) mass is 471 g/mol. The molecule has 0 unspecified atom stereocenters. The summed E-state index contributed by atoms with van der Waals surface area (Å²) in [5, 5.41) is 2.87. The average molecular weight is 472 g/mol. The van der Waals surface area contributed by atoms with Crippen LogP contribution in [0.3, 0.4) is 0 Å². The first-order chi connectivity index (χ1) is 15.5. The zero-order valence-corrected chi connectivity index (χ0v) is 19.2. The smallest absolute Gasteiger partial charge is 0.243 e. The molecule has 3 aromatic rings. The second kappa shape index (κ2) is 10.3. The molecule has 2 aromatic carbocycles. The molecule has 1 N–H and O–H groups in total. The number of aromatic nitrogens is 1. The summed E-state index contributed by atoms with van der Waals surface area (Å²) in [5.41, 5.74) is 2.56. The number of thioether (sulfide) groups is 1. The van der Waals surface area contributed by atoms with E-state index < -0.39 is 10.0 Å². The molecule has 0 bridgehead atoms. The maximum atomic E-state index is 12.6. The van der Waals surface area contributed by atoms with Gasteiger partial charge in [-0.3, -0.25) is 4.79 Å². The standard InChI is InChI=1S/C23H25N3O4S2/c27-22(17-31-16-20-15-30-23(25-20)19-6-2-1-3-7-19)24-14-18-8-10-21(11-9-18)32(28,29)26-12-4-5-13-26/h1-3,6-11,15H,4-5,12-14,16-17H2,(H,24,27). The molecule has 0 saturated carbocycles. The van der Waals surface area contributed by atoms with Crippen LogP contribution in [0.1, 0.15) is 24.1 Å². The van der Waals surface area contributed by atoms with Gasteiger partial charge in [0.15, 0.2) is 0 Å². The minimum atomic E-state index is -3.41. The van der Waals surface area contributed by atoms with Crippen molar-refractivity contribution in [2.75, 3.05) is 18.8 Å². The van der Waals surface area contributed by atoms with Gasteiger partial charge in [0, 0.05) is 31.0 Å². The summed E-state index contributed by atoms with van der Waals surface area (Å²) in [6.45, 7) is 1.52. The Morgan fingerprint density at radius 2 is 1.78 bits per heavy atom. The third kappa shape index (κ3) is 5.59. The van der Waals surface area contributed by atoms with Crippen molar-refractivity contribution < 1.29 is 17.6 Å². The van der Waals surface area contributed by atoms with Crippen LogP contribution < -0.4 is 5.32 Å². The van der Waals surface area contributed by atoms with E-state index in [2.05, 4.69) is 10.3 Å². The van der Waals surface area contributed by atoms with Gasteiger partial charge < -0.3 is 9.73 Å². The molecule has 0 spiro atoms. The van der Waals surface area contributed by atoms with Gasteiger partial charge in [0.25, 0.3) is 0 Å². The predicted molar refractivity (Wildman–Crippen MR) is 124 cm³/mol. The Kier molecular flexibility index (Phi) is 7.29. The first kappa shape index (κ1) is 22.6. The number of sulfonamides is 1. The van der Waals surface area contributed by atoms with Gasteiger partial charge in [0.1, 0.15) is 6.26 Å². The van der Waals surface area contributed by atoms with Gasteiger partial charge in [-0.05, 0) is 42.7 Å². The van der Waals surface area contributed by atoms with Crippen LogP contribution in [0.4, 0.5) is 0 Å². The Labute approximate surface area is 192 Å². The fourth-order valence-electron chi connectivity index (χ4n) is 3.44.